The smallest absolute Gasteiger partial charge is 0.467 e. The van der Waals surface area contributed by atoms with Crippen LogP contribution in [0.25, 0.3) is 0 Å². The average molecular weight is 333 g/mol. The van der Waals surface area contributed by atoms with Gasteiger partial charge in [-0.15, -0.1) is 13.8 Å². The fourth-order valence-electron chi connectivity index (χ4n) is 1.45. The normalized spacial score (nSPS) is 11.0. The Morgan fingerprint density at radius 1 is 1.00 bits per heavy atom. The van der Waals surface area contributed by atoms with Crippen LogP contribution in [-0.4, -0.2) is 34.7 Å². The van der Waals surface area contributed by atoms with Crippen molar-refractivity contribution in [1.29, 1.82) is 0 Å². The molecule has 0 saturated heterocycles. The van der Waals surface area contributed by atoms with E-state index in [1.807, 2.05) is 0 Å². The summed E-state index contributed by atoms with van der Waals surface area (Å²) >= 11 is 4.68. The maximum absolute atomic E-state index is 12.5. The third-order valence-corrected chi connectivity index (χ3v) is 2.38. The van der Waals surface area contributed by atoms with Crippen LogP contribution in [0.4, 0.5) is 20.4 Å². The quantitative estimate of drug-likeness (QED) is 0.815. The summed E-state index contributed by atoms with van der Waals surface area (Å²) in [5.74, 6) is 0.0800. The van der Waals surface area contributed by atoms with Crippen LogP contribution in [-0.2, 0) is 0 Å². The van der Waals surface area contributed by atoms with E-state index in [4.69, 9.17) is 9.47 Å². The van der Waals surface area contributed by atoms with Gasteiger partial charge in [0.25, 0.3) is 0 Å². The van der Waals surface area contributed by atoms with Gasteiger partial charge in [-0.2, -0.15) is 9.97 Å². The average Bonchev–Trinajstić information content (AvgIpc) is 2.47. The first-order valence-electron chi connectivity index (χ1n) is 5.86. The first-order valence-corrected chi connectivity index (χ1v) is 6.24. The largest absolute Gasteiger partial charge is 0.487 e. The van der Waals surface area contributed by atoms with Gasteiger partial charge in [0.15, 0.2) is 0 Å². The Morgan fingerprint density at radius 3 is 2.00 bits per heavy atom. The molecular weight excluding hydrogens is 322 g/mol. The van der Waals surface area contributed by atoms with Gasteiger partial charge in [0.2, 0.25) is 5.95 Å². The van der Waals surface area contributed by atoms with Crippen molar-refractivity contribution in [1.82, 2.24) is 15.0 Å². The van der Waals surface area contributed by atoms with Crippen LogP contribution in [0.5, 0.6) is 17.8 Å². The predicted molar refractivity (Wildman–Crippen MR) is 74.1 cm³/mol. The highest BCUT2D eigenvalue weighted by Crippen LogP contribution is 2.26. The Labute approximate surface area is 129 Å². The molecule has 2 aromatic rings. The van der Waals surface area contributed by atoms with Gasteiger partial charge >= 0.3 is 17.6 Å². The molecule has 1 heterocycles. The van der Waals surface area contributed by atoms with Crippen molar-refractivity contribution in [3.05, 3.63) is 24.3 Å². The second kappa shape index (κ2) is 6.56. The van der Waals surface area contributed by atoms with Gasteiger partial charge in [-0.05, 0) is 24.3 Å². The topological polar surface area (TPSA) is 78.4 Å². The number of rotatable bonds is 6. The molecule has 0 unspecified atom stereocenters. The van der Waals surface area contributed by atoms with Crippen LogP contribution in [0, 0.1) is 0 Å². The van der Waals surface area contributed by atoms with Crippen molar-refractivity contribution in [2.75, 3.05) is 19.5 Å². The number of nitrogens with one attached hydrogen (secondary N) is 1. The lowest BCUT2D eigenvalue weighted by atomic mass is 10.3. The summed E-state index contributed by atoms with van der Waals surface area (Å²) in [4.78, 5) is 11.8. The Hall–Kier alpha value is -2.42. The van der Waals surface area contributed by atoms with Crippen LogP contribution < -0.4 is 19.5 Å². The minimum absolute atomic E-state index is 0.0658. The molecule has 118 valence electrons. The van der Waals surface area contributed by atoms with Crippen molar-refractivity contribution < 1.29 is 23.0 Å². The van der Waals surface area contributed by atoms with Gasteiger partial charge in [0, 0.05) is 17.3 Å². The molecule has 22 heavy (non-hydrogen) atoms. The number of methoxy groups -OCH3 is 2. The molecule has 0 amide bonds. The Balaban J connectivity index is 2.14. The fraction of sp³-hybridized carbons (Fsp3) is 0.250. The summed E-state index contributed by atoms with van der Waals surface area (Å²) in [6, 6.07) is 5.73. The number of hydrogen-bond donors (Lipinski definition) is 1. The highest BCUT2D eigenvalue weighted by atomic mass is 35.5. The number of benzene rings is 1. The van der Waals surface area contributed by atoms with Gasteiger partial charge in [-0.1, -0.05) is 0 Å². The molecule has 10 heteroatoms. The van der Waals surface area contributed by atoms with E-state index in [1.54, 1.807) is 0 Å². The Kier molecular flexibility index (Phi) is 4.76. The first kappa shape index (κ1) is 16.0. The maximum atomic E-state index is 12.5. The monoisotopic (exact) mass is 332 g/mol. The van der Waals surface area contributed by atoms with Crippen molar-refractivity contribution in [2.45, 2.75) is 5.57 Å². The first-order chi connectivity index (χ1) is 10.4. The predicted octanol–water partition coefficient (Wildman–Crippen LogP) is 2.80. The minimum atomic E-state index is -3.76. The summed E-state index contributed by atoms with van der Waals surface area (Å²) < 4.78 is 39.0. The summed E-state index contributed by atoms with van der Waals surface area (Å²) in [6.07, 6.45) is 0. The highest BCUT2D eigenvalue weighted by Gasteiger charge is 2.27. The lowest BCUT2D eigenvalue weighted by Crippen LogP contribution is -2.15. The molecule has 0 fully saturated rings. The van der Waals surface area contributed by atoms with E-state index >= 15 is 0 Å². The SMILES string of the molecule is COc1nc(Nc2ccc(OC(F)(F)Cl)cc2)nc(OC)n1. The van der Waals surface area contributed by atoms with Gasteiger partial charge in [0.1, 0.15) is 5.75 Å². The maximum Gasteiger partial charge on any atom is 0.487 e. The lowest BCUT2D eigenvalue weighted by Gasteiger charge is -2.11. The molecule has 7 nitrogen and oxygen atoms in total. The van der Waals surface area contributed by atoms with E-state index < -0.39 is 5.57 Å². The Morgan fingerprint density at radius 2 is 1.55 bits per heavy atom. The van der Waals surface area contributed by atoms with Crippen LogP contribution in [0.1, 0.15) is 0 Å². The van der Waals surface area contributed by atoms with Gasteiger partial charge in [-0.3, -0.25) is 0 Å². The third kappa shape index (κ3) is 4.55. The van der Waals surface area contributed by atoms with Crippen LogP contribution >= 0.6 is 11.6 Å². The van der Waals surface area contributed by atoms with Crippen LogP contribution in [0.3, 0.4) is 0 Å². The van der Waals surface area contributed by atoms with E-state index in [2.05, 4.69) is 36.6 Å². The molecule has 1 aromatic carbocycles. The zero-order valence-corrected chi connectivity index (χ0v) is 12.3. The Bertz CT molecular complexity index is 615. The van der Waals surface area contributed by atoms with Crippen molar-refractivity contribution in [3.63, 3.8) is 0 Å². The molecule has 0 bridgehead atoms. The molecular formula is C12H11ClF2N4O3. The van der Waals surface area contributed by atoms with Crippen molar-refractivity contribution >= 4 is 23.2 Å². The standard InChI is InChI=1S/C12H11ClF2N4O3/c1-20-10-17-9(18-11(19-10)21-2)16-7-3-5-8(6-4-7)22-12(13,14)15/h3-6H,1-2H3,(H,16,17,18,19). The number of aromatic nitrogens is 3. The number of anilines is 2. The van der Waals surface area contributed by atoms with Crippen LogP contribution in [0.2, 0.25) is 0 Å². The zero-order valence-electron chi connectivity index (χ0n) is 11.5. The molecule has 1 aromatic heterocycles. The molecule has 0 aliphatic heterocycles. The number of halogens is 3. The second-order valence-electron chi connectivity index (χ2n) is 3.83. The number of hydrogen-bond acceptors (Lipinski definition) is 7. The molecule has 0 radical (unpaired) electrons. The molecule has 1 N–H and O–H groups in total. The zero-order chi connectivity index (χ0) is 16.2. The van der Waals surface area contributed by atoms with Gasteiger partial charge in [-0.25, -0.2) is 0 Å². The molecule has 0 spiro atoms. The minimum Gasteiger partial charge on any atom is -0.467 e. The molecule has 2 rings (SSSR count). The molecule has 0 aliphatic rings. The lowest BCUT2D eigenvalue weighted by molar-refractivity contribution is -0.0964. The fourth-order valence-corrected chi connectivity index (χ4v) is 1.53. The highest BCUT2D eigenvalue weighted by molar-refractivity contribution is 6.20. The van der Waals surface area contributed by atoms with Gasteiger partial charge in [0.05, 0.1) is 14.2 Å². The number of ether oxygens (including phenoxy) is 3. The van der Waals surface area contributed by atoms with Crippen molar-refractivity contribution in [2.24, 2.45) is 0 Å². The summed E-state index contributed by atoms with van der Waals surface area (Å²) in [5.41, 5.74) is -3.23. The third-order valence-electron chi connectivity index (χ3n) is 2.30. The molecule has 0 saturated carbocycles. The summed E-state index contributed by atoms with van der Waals surface area (Å²) in [7, 11) is 2.80. The van der Waals surface area contributed by atoms with E-state index in [-0.39, 0.29) is 23.7 Å². The second-order valence-corrected chi connectivity index (χ2v) is 4.27. The van der Waals surface area contributed by atoms with Gasteiger partial charge < -0.3 is 19.5 Å². The van der Waals surface area contributed by atoms with E-state index in [9.17, 15) is 8.78 Å². The molecule has 0 atom stereocenters. The van der Waals surface area contributed by atoms with E-state index in [0.717, 1.165) is 0 Å². The van der Waals surface area contributed by atoms with E-state index in [1.165, 1.54) is 38.5 Å². The van der Waals surface area contributed by atoms with E-state index in [0.29, 0.717) is 5.69 Å². The summed E-state index contributed by atoms with van der Waals surface area (Å²) in [5, 5.41) is 2.85. The van der Waals surface area contributed by atoms with Crippen molar-refractivity contribution in [3.8, 4) is 17.8 Å². The molecule has 0 aliphatic carbocycles. The number of nitrogens with zero attached hydrogens (tertiary/aromatic N) is 3. The number of alkyl halides is 3. The summed E-state index contributed by atoms with van der Waals surface area (Å²) in [6.45, 7) is 0. The van der Waals surface area contributed by atoms with Crippen LogP contribution in [0.15, 0.2) is 24.3 Å².